The number of amides is 2. The molecule has 1 N–H and O–H groups in total. The summed E-state index contributed by atoms with van der Waals surface area (Å²) >= 11 is 0. The first-order valence-corrected chi connectivity index (χ1v) is 10.3. The van der Waals surface area contributed by atoms with Crippen LogP contribution in [0.4, 0.5) is 17.1 Å². The van der Waals surface area contributed by atoms with E-state index in [2.05, 4.69) is 27.1 Å². The van der Waals surface area contributed by atoms with Crippen LogP contribution in [0.1, 0.15) is 30.0 Å². The van der Waals surface area contributed by atoms with Crippen LogP contribution in [-0.4, -0.2) is 70.7 Å². The molecule has 0 saturated carbocycles. The van der Waals surface area contributed by atoms with Crippen molar-refractivity contribution in [2.75, 3.05) is 49.5 Å². The number of aryl methyl sites for hydroxylation is 2. The minimum absolute atomic E-state index is 0.0427. The molecule has 2 aromatic rings. The molecule has 2 aliphatic heterocycles. The van der Waals surface area contributed by atoms with Crippen LogP contribution in [0.25, 0.3) is 0 Å². The highest BCUT2D eigenvalue weighted by Crippen LogP contribution is 2.39. The Hall–Kier alpha value is -2.71. The quantitative estimate of drug-likeness (QED) is 0.857. The van der Waals surface area contributed by atoms with Gasteiger partial charge in [0.2, 0.25) is 5.91 Å². The normalized spacial score (nSPS) is 17.5. The Morgan fingerprint density at radius 1 is 1.07 bits per heavy atom. The molecule has 1 aromatic carbocycles. The van der Waals surface area contributed by atoms with E-state index in [1.165, 1.54) is 0 Å². The van der Waals surface area contributed by atoms with Gasteiger partial charge in [0.05, 0.1) is 23.6 Å². The highest BCUT2D eigenvalue weighted by atomic mass is 16.2. The lowest BCUT2D eigenvalue weighted by molar-refractivity contribution is -0.119. The van der Waals surface area contributed by atoms with Crippen molar-refractivity contribution < 1.29 is 9.59 Å². The smallest absolute Gasteiger partial charge is 0.276 e. The van der Waals surface area contributed by atoms with E-state index in [4.69, 9.17) is 0 Å². The number of benzene rings is 1. The number of anilines is 3. The maximum Gasteiger partial charge on any atom is 0.276 e. The average Bonchev–Trinajstić information content (AvgIpc) is 2.99. The summed E-state index contributed by atoms with van der Waals surface area (Å²) in [6.45, 7) is 11.5. The standard InChI is InChI=1S/C21H28N6O2/c1-4-24-10-12-25(13-11-24)14-18(28)27-17-9-7-6-8-16(17)22-21(29)20-19(27)15(3)23-26(20)5-2/h6-9H,4-5,10-14H2,1-3H3,(H,22,29). The van der Waals surface area contributed by atoms with Gasteiger partial charge in [-0.25, -0.2) is 0 Å². The Balaban J connectivity index is 1.72. The summed E-state index contributed by atoms with van der Waals surface area (Å²) in [6, 6.07) is 7.45. The third-order valence-corrected chi connectivity index (χ3v) is 5.75. The molecule has 2 amide bonds. The van der Waals surface area contributed by atoms with E-state index in [1.807, 2.05) is 38.1 Å². The fourth-order valence-electron chi connectivity index (χ4n) is 4.15. The highest BCUT2D eigenvalue weighted by Gasteiger charge is 2.35. The fraction of sp³-hybridized carbons (Fsp3) is 0.476. The van der Waals surface area contributed by atoms with Gasteiger partial charge in [0.25, 0.3) is 5.91 Å². The van der Waals surface area contributed by atoms with Crippen molar-refractivity contribution in [2.45, 2.75) is 27.3 Å². The van der Waals surface area contributed by atoms with Gasteiger partial charge < -0.3 is 10.2 Å². The molecule has 29 heavy (non-hydrogen) atoms. The lowest BCUT2D eigenvalue weighted by Crippen LogP contribution is -2.49. The number of fused-ring (bicyclic) bond motifs is 2. The van der Waals surface area contributed by atoms with Crippen LogP contribution < -0.4 is 10.2 Å². The van der Waals surface area contributed by atoms with Crippen molar-refractivity contribution in [3.05, 3.63) is 35.7 Å². The second-order valence-electron chi connectivity index (χ2n) is 7.51. The molecule has 8 heteroatoms. The van der Waals surface area contributed by atoms with E-state index in [-0.39, 0.29) is 11.8 Å². The molecule has 3 heterocycles. The van der Waals surface area contributed by atoms with E-state index in [1.54, 1.807) is 9.58 Å². The monoisotopic (exact) mass is 396 g/mol. The summed E-state index contributed by atoms with van der Waals surface area (Å²) in [5.74, 6) is -0.277. The molecule has 0 bridgehead atoms. The highest BCUT2D eigenvalue weighted by molar-refractivity contribution is 6.17. The lowest BCUT2D eigenvalue weighted by Gasteiger charge is -2.34. The molecule has 2 aliphatic rings. The molecule has 8 nitrogen and oxygen atoms in total. The molecular weight excluding hydrogens is 368 g/mol. The molecule has 0 unspecified atom stereocenters. The van der Waals surface area contributed by atoms with E-state index < -0.39 is 0 Å². The zero-order valence-electron chi connectivity index (χ0n) is 17.3. The number of hydrogen-bond donors (Lipinski definition) is 1. The van der Waals surface area contributed by atoms with E-state index in [9.17, 15) is 9.59 Å². The number of rotatable bonds is 4. The Bertz CT molecular complexity index is 929. The van der Waals surface area contributed by atoms with Gasteiger partial charge in [0, 0.05) is 32.7 Å². The van der Waals surface area contributed by atoms with Crippen molar-refractivity contribution in [2.24, 2.45) is 0 Å². The number of nitrogens with zero attached hydrogens (tertiary/aromatic N) is 5. The molecule has 0 radical (unpaired) electrons. The predicted molar refractivity (Wildman–Crippen MR) is 113 cm³/mol. The summed E-state index contributed by atoms with van der Waals surface area (Å²) in [7, 11) is 0. The summed E-state index contributed by atoms with van der Waals surface area (Å²) in [6.07, 6.45) is 0. The largest absolute Gasteiger partial charge is 0.319 e. The van der Waals surface area contributed by atoms with Crippen molar-refractivity contribution in [1.82, 2.24) is 19.6 Å². The van der Waals surface area contributed by atoms with E-state index >= 15 is 0 Å². The van der Waals surface area contributed by atoms with Crippen LogP contribution in [-0.2, 0) is 11.3 Å². The topological polar surface area (TPSA) is 73.7 Å². The van der Waals surface area contributed by atoms with Gasteiger partial charge in [-0.1, -0.05) is 19.1 Å². The molecule has 0 aliphatic carbocycles. The number of likely N-dealkylation sites (N-methyl/N-ethyl adjacent to an activating group) is 1. The molecule has 154 valence electrons. The minimum Gasteiger partial charge on any atom is -0.319 e. The van der Waals surface area contributed by atoms with E-state index in [0.29, 0.717) is 41.5 Å². The Labute approximate surface area is 171 Å². The Morgan fingerprint density at radius 3 is 2.45 bits per heavy atom. The second-order valence-corrected chi connectivity index (χ2v) is 7.51. The first-order valence-electron chi connectivity index (χ1n) is 10.3. The number of carbonyl (C=O) groups is 2. The van der Waals surface area contributed by atoms with Gasteiger partial charge in [0.15, 0.2) is 5.69 Å². The third-order valence-electron chi connectivity index (χ3n) is 5.75. The molecule has 4 rings (SSSR count). The first kappa shape index (κ1) is 19.6. The van der Waals surface area contributed by atoms with Crippen LogP contribution in [0.3, 0.4) is 0 Å². The van der Waals surface area contributed by atoms with Gasteiger partial charge in [-0.15, -0.1) is 0 Å². The maximum atomic E-state index is 13.5. The SMILES string of the molecule is CCN1CCN(CC(=O)N2c3ccccc3NC(=O)c3c2c(C)nn3CC)CC1. The van der Waals surface area contributed by atoms with Gasteiger partial charge in [-0.3, -0.25) is 24.1 Å². The van der Waals surface area contributed by atoms with Crippen molar-refractivity contribution in [1.29, 1.82) is 0 Å². The summed E-state index contributed by atoms with van der Waals surface area (Å²) in [4.78, 5) is 32.8. The summed E-state index contributed by atoms with van der Waals surface area (Å²) in [5.41, 5.74) is 3.03. The first-order chi connectivity index (χ1) is 14.0. The maximum absolute atomic E-state index is 13.5. The van der Waals surface area contributed by atoms with Crippen molar-refractivity contribution in [3.63, 3.8) is 0 Å². The predicted octanol–water partition coefficient (Wildman–Crippen LogP) is 2.08. The van der Waals surface area contributed by atoms with Gasteiger partial charge in [0.1, 0.15) is 5.69 Å². The summed E-state index contributed by atoms with van der Waals surface area (Å²) in [5, 5.41) is 7.47. The third kappa shape index (κ3) is 3.54. The molecule has 0 atom stereocenters. The zero-order valence-corrected chi connectivity index (χ0v) is 17.3. The fourth-order valence-corrected chi connectivity index (χ4v) is 4.15. The summed E-state index contributed by atoms with van der Waals surface area (Å²) < 4.78 is 1.67. The molecule has 1 fully saturated rings. The molecule has 1 aromatic heterocycles. The molecule has 1 saturated heterocycles. The minimum atomic E-state index is -0.234. The van der Waals surface area contributed by atoms with Crippen molar-refractivity contribution >= 4 is 28.9 Å². The van der Waals surface area contributed by atoms with Gasteiger partial charge in [-0.05, 0) is 32.5 Å². The van der Waals surface area contributed by atoms with Crippen LogP contribution in [0.15, 0.2) is 24.3 Å². The van der Waals surface area contributed by atoms with Crippen LogP contribution >= 0.6 is 0 Å². The van der Waals surface area contributed by atoms with Gasteiger partial charge >= 0.3 is 0 Å². The Kier molecular flexibility index (Phi) is 5.38. The second kappa shape index (κ2) is 7.96. The molecule has 0 spiro atoms. The van der Waals surface area contributed by atoms with E-state index in [0.717, 1.165) is 32.7 Å². The lowest BCUT2D eigenvalue weighted by atomic mass is 10.2. The number of para-hydroxylation sites is 2. The van der Waals surface area contributed by atoms with Crippen molar-refractivity contribution in [3.8, 4) is 0 Å². The average molecular weight is 396 g/mol. The Morgan fingerprint density at radius 2 is 1.76 bits per heavy atom. The number of nitrogens with one attached hydrogen (secondary N) is 1. The van der Waals surface area contributed by atoms with Gasteiger partial charge in [-0.2, -0.15) is 5.10 Å². The number of piperazine rings is 1. The van der Waals surface area contributed by atoms with Crippen LogP contribution in [0, 0.1) is 6.92 Å². The number of carbonyl (C=O) groups excluding carboxylic acids is 2. The zero-order chi connectivity index (χ0) is 20.5. The molecular formula is C21H28N6O2. The van der Waals surface area contributed by atoms with Crippen LogP contribution in [0.5, 0.6) is 0 Å². The van der Waals surface area contributed by atoms with Crippen LogP contribution in [0.2, 0.25) is 0 Å². The number of aromatic nitrogens is 2. The number of hydrogen-bond acceptors (Lipinski definition) is 5.